The van der Waals surface area contributed by atoms with E-state index in [1.165, 1.54) is 16.7 Å². The molecule has 1 heteroatoms. The molecular weight excluding hydrogens is 292 g/mol. The highest BCUT2D eigenvalue weighted by molar-refractivity contribution is 5.28. The summed E-state index contributed by atoms with van der Waals surface area (Å²) in [5, 5.41) is 0. The van der Waals surface area contributed by atoms with E-state index in [4.69, 9.17) is 4.74 Å². The van der Waals surface area contributed by atoms with Crippen LogP contribution in [0, 0.1) is 6.92 Å². The van der Waals surface area contributed by atoms with Crippen LogP contribution < -0.4 is 4.74 Å². The quantitative estimate of drug-likeness (QED) is 0.534. The van der Waals surface area contributed by atoms with E-state index in [-0.39, 0.29) is 0 Å². The van der Waals surface area contributed by atoms with Gasteiger partial charge in [0, 0.05) is 0 Å². The van der Waals surface area contributed by atoms with Crippen LogP contribution in [0.5, 0.6) is 5.75 Å². The lowest BCUT2D eigenvalue weighted by molar-refractivity contribution is 0.306. The van der Waals surface area contributed by atoms with Gasteiger partial charge < -0.3 is 4.74 Å². The van der Waals surface area contributed by atoms with E-state index in [0.29, 0.717) is 12.5 Å². The average Bonchev–Trinajstić information content (AvgIpc) is 2.67. The van der Waals surface area contributed by atoms with Crippen LogP contribution in [0.25, 0.3) is 0 Å². The van der Waals surface area contributed by atoms with E-state index >= 15 is 0 Å². The van der Waals surface area contributed by atoms with Gasteiger partial charge in [0.15, 0.2) is 0 Å². The van der Waals surface area contributed by atoms with Crippen LogP contribution >= 0.6 is 0 Å². The Morgan fingerprint density at radius 2 is 1.33 bits per heavy atom. The van der Waals surface area contributed by atoms with Crippen molar-refractivity contribution in [1.29, 1.82) is 0 Å². The summed E-state index contributed by atoms with van der Waals surface area (Å²) in [6.07, 6.45) is 2.08. The van der Waals surface area contributed by atoms with Gasteiger partial charge in [-0.1, -0.05) is 72.8 Å². The molecule has 0 aliphatic heterocycles. The fourth-order valence-electron chi connectivity index (χ4n) is 2.73. The van der Waals surface area contributed by atoms with Crippen molar-refractivity contribution in [2.75, 3.05) is 0 Å². The summed E-state index contributed by atoms with van der Waals surface area (Å²) in [4.78, 5) is 0. The molecule has 0 saturated carbocycles. The van der Waals surface area contributed by atoms with Gasteiger partial charge in [0.1, 0.15) is 12.4 Å². The standard InChI is InChI=1S/C23H23O/c1-19(22-10-6-3-7-11-22)12-13-20-14-16-23(17-15-20)24-18-21-8-4-2-5-9-21/h2-11,14-17,19H,1,12-13,18H2/t19-/m0/s1. The molecule has 0 heterocycles. The molecule has 0 N–H and O–H groups in total. The zero-order valence-electron chi connectivity index (χ0n) is 13.9. The summed E-state index contributed by atoms with van der Waals surface area (Å²) in [5.41, 5.74) is 3.82. The maximum Gasteiger partial charge on any atom is 0.119 e. The minimum atomic E-state index is 0.334. The molecule has 0 spiro atoms. The lowest BCUT2D eigenvalue weighted by atomic mass is 9.94. The minimum Gasteiger partial charge on any atom is -0.489 e. The highest BCUT2D eigenvalue weighted by atomic mass is 16.5. The maximum atomic E-state index is 5.83. The molecule has 0 amide bonds. The van der Waals surface area contributed by atoms with E-state index in [9.17, 15) is 0 Å². The first kappa shape index (κ1) is 16.3. The molecule has 0 aliphatic carbocycles. The summed E-state index contributed by atoms with van der Waals surface area (Å²) in [6.45, 7) is 4.89. The number of rotatable bonds is 7. The van der Waals surface area contributed by atoms with Crippen LogP contribution in [0.2, 0.25) is 0 Å². The van der Waals surface area contributed by atoms with Gasteiger partial charge in [0.2, 0.25) is 0 Å². The Kier molecular flexibility index (Phi) is 5.68. The zero-order chi connectivity index (χ0) is 16.6. The number of hydrogen-bond acceptors (Lipinski definition) is 1. The largest absolute Gasteiger partial charge is 0.489 e. The van der Waals surface area contributed by atoms with Gasteiger partial charge in [0.05, 0.1) is 0 Å². The summed E-state index contributed by atoms with van der Waals surface area (Å²) in [7, 11) is 0. The van der Waals surface area contributed by atoms with Gasteiger partial charge in [-0.2, -0.15) is 0 Å². The van der Waals surface area contributed by atoms with Crippen molar-refractivity contribution in [3.63, 3.8) is 0 Å². The Morgan fingerprint density at radius 1 is 0.708 bits per heavy atom. The Hall–Kier alpha value is -2.54. The van der Waals surface area contributed by atoms with Gasteiger partial charge in [-0.3, -0.25) is 0 Å². The molecule has 0 fully saturated rings. The molecule has 1 atom stereocenters. The maximum absolute atomic E-state index is 5.83. The Morgan fingerprint density at radius 3 is 2.00 bits per heavy atom. The molecule has 3 aromatic carbocycles. The SMILES string of the molecule is [CH2][C@@H](CCc1ccc(OCc2ccccc2)cc1)c1ccccc1. The lowest BCUT2D eigenvalue weighted by Gasteiger charge is -2.12. The second-order valence-corrected chi connectivity index (χ2v) is 6.06. The molecule has 1 radical (unpaired) electrons. The number of benzene rings is 3. The second-order valence-electron chi connectivity index (χ2n) is 6.06. The third kappa shape index (κ3) is 4.73. The van der Waals surface area contributed by atoms with Crippen LogP contribution in [0.15, 0.2) is 84.9 Å². The molecule has 3 rings (SSSR count). The van der Waals surface area contributed by atoms with Crippen molar-refractivity contribution < 1.29 is 4.74 Å². The van der Waals surface area contributed by atoms with Crippen LogP contribution in [-0.2, 0) is 13.0 Å². The van der Waals surface area contributed by atoms with Gasteiger partial charge >= 0.3 is 0 Å². The number of hydrogen-bond donors (Lipinski definition) is 0. The Bertz CT molecular complexity index is 717. The lowest BCUT2D eigenvalue weighted by Crippen LogP contribution is -1.97. The monoisotopic (exact) mass is 315 g/mol. The van der Waals surface area contributed by atoms with Crippen molar-refractivity contribution in [1.82, 2.24) is 0 Å². The first-order chi connectivity index (χ1) is 11.8. The fraction of sp³-hybridized carbons (Fsp3) is 0.174. The number of ether oxygens (including phenoxy) is 1. The third-order valence-corrected chi connectivity index (χ3v) is 4.22. The molecule has 0 aromatic heterocycles. The summed E-state index contributed by atoms with van der Waals surface area (Å²) >= 11 is 0. The van der Waals surface area contributed by atoms with Gasteiger partial charge in [-0.25, -0.2) is 0 Å². The molecule has 0 saturated heterocycles. The second kappa shape index (κ2) is 8.35. The third-order valence-electron chi connectivity index (χ3n) is 4.22. The predicted molar refractivity (Wildman–Crippen MR) is 100 cm³/mol. The van der Waals surface area contributed by atoms with Crippen molar-refractivity contribution in [2.24, 2.45) is 0 Å². The molecule has 121 valence electrons. The smallest absolute Gasteiger partial charge is 0.119 e. The number of aryl methyl sites for hydroxylation is 1. The summed E-state index contributed by atoms with van der Waals surface area (Å²) < 4.78 is 5.83. The average molecular weight is 315 g/mol. The van der Waals surface area contributed by atoms with Gasteiger partial charge in [-0.15, -0.1) is 0 Å². The predicted octanol–water partition coefficient (Wildman–Crippen LogP) is 5.82. The van der Waals surface area contributed by atoms with Gasteiger partial charge in [0.25, 0.3) is 0 Å². The van der Waals surface area contributed by atoms with Crippen molar-refractivity contribution in [3.8, 4) is 5.75 Å². The van der Waals surface area contributed by atoms with Crippen LogP contribution in [0.3, 0.4) is 0 Å². The Balaban J connectivity index is 1.49. The van der Waals surface area contributed by atoms with Crippen LogP contribution in [0.4, 0.5) is 0 Å². The first-order valence-corrected chi connectivity index (χ1v) is 8.45. The molecule has 0 bridgehead atoms. The topological polar surface area (TPSA) is 9.23 Å². The zero-order valence-corrected chi connectivity index (χ0v) is 13.9. The van der Waals surface area contributed by atoms with Crippen molar-refractivity contribution >= 4 is 0 Å². The van der Waals surface area contributed by atoms with E-state index in [2.05, 4.69) is 67.6 Å². The molecule has 0 aliphatic rings. The molecule has 3 aromatic rings. The molecule has 0 unspecified atom stereocenters. The minimum absolute atomic E-state index is 0.334. The summed E-state index contributed by atoms with van der Waals surface area (Å²) in [6, 6.07) is 29.1. The van der Waals surface area contributed by atoms with Gasteiger partial charge in [-0.05, 0) is 54.5 Å². The molecular formula is C23H23O. The fourth-order valence-corrected chi connectivity index (χ4v) is 2.73. The highest BCUT2D eigenvalue weighted by Crippen LogP contribution is 2.21. The first-order valence-electron chi connectivity index (χ1n) is 8.45. The van der Waals surface area contributed by atoms with Crippen LogP contribution in [0.1, 0.15) is 29.0 Å². The van der Waals surface area contributed by atoms with E-state index in [1.54, 1.807) is 0 Å². The van der Waals surface area contributed by atoms with Crippen LogP contribution in [-0.4, -0.2) is 0 Å². The molecule has 1 nitrogen and oxygen atoms in total. The van der Waals surface area contributed by atoms with E-state index < -0.39 is 0 Å². The normalized spacial score (nSPS) is 11.9. The highest BCUT2D eigenvalue weighted by Gasteiger charge is 2.05. The van der Waals surface area contributed by atoms with E-state index in [0.717, 1.165) is 18.6 Å². The van der Waals surface area contributed by atoms with E-state index in [1.807, 2.05) is 24.3 Å². The summed E-state index contributed by atoms with van der Waals surface area (Å²) in [5.74, 6) is 1.25. The van der Waals surface area contributed by atoms with Crippen molar-refractivity contribution in [3.05, 3.63) is 109 Å². The Labute approximate surface area is 144 Å². The molecule has 24 heavy (non-hydrogen) atoms. The van der Waals surface area contributed by atoms with Crippen molar-refractivity contribution in [2.45, 2.75) is 25.4 Å².